The van der Waals surface area contributed by atoms with Gasteiger partial charge < -0.3 is 5.32 Å². The number of amides is 1. The molecule has 0 saturated heterocycles. The van der Waals surface area contributed by atoms with E-state index in [1.54, 1.807) is 18.2 Å². The van der Waals surface area contributed by atoms with Crippen LogP contribution in [-0.2, 0) is 0 Å². The van der Waals surface area contributed by atoms with Gasteiger partial charge in [-0.3, -0.25) is 4.79 Å². The van der Waals surface area contributed by atoms with Gasteiger partial charge in [0, 0.05) is 4.47 Å². The SMILES string of the molecule is O=C(Nc1c(Cl)cc(Br)cc1Cl)c1cccc(Br)c1F. The number of rotatable bonds is 2. The molecule has 2 aromatic carbocycles. The van der Waals surface area contributed by atoms with Gasteiger partial charge in [-0.1, -0.05) is 45.2 Å². The smallest absolute Gasteiger partial charge is 0.258 e. The molecule has 0 aliphatic heterocycles. The largest absolute Gasteiger partial charge is 0.319 e. The minimum atomic E-state index is -0.644. The molecule has 0 saturated carbocycles. The van der Waals surface area contributed by atoms with Crippen molar-refractivity contribution in [3.05, 3.63) is 60.7 Å². The van der Waals surface area contributed by atoms with E-state index in [0.717, 1.165) is 0 Å². The first-order chi connectivity index (χ1) is 9.40. The molecule has 0 aliphatic carbocycles. The summed E-state index contributed by atoms with van der Waals surface area (Å²) in [7, 11) is 0. The summed E-state index contributed by atoms with van der Waals surface area (Å²) >= 11 is 18.3. The van der Waals surface area contributed by atoms with Crippen LogP contribution in [0.5, 0.6) is 0 Å². The third kappa shape index (κ3) is 3.34. The maximum Gasteiger partial charge on any atom is 0.258 e. The van der Waals surface area contributed by atoms with Crippen LogP contribution in [0.15, 0.2) is 39.3 Å². The number of carbonyl (C=O) groups excluding carboxylic acids is 1. The van der Waals surface area contributed by atoms with E-state index in [0.29, 0.717) is 4.47 Å². The lowest BCUT2D eigenvalue weighted by molar-refractivity contribution is 0.102. The molecule has 2 rings (SSSR count). The molecule has 0 atom stereocenters. The fraction of sp³-hybridized carbons (Fsp3) is 0. The summed E-state index contributed by atoms with van der Waals surface area (Å²) in [6.07, 6.45) is 0. The summed E-state index contributed by atoms with van der Waals surface area (Å²) in [4.78, 5) is 12.1. The molecule has 0 spiro atoms. The van der Waals surface area contributed by atoms with Gasteiger partial charge in [-0.2, -0.15) is 0 Å². The molecule has 2 nitrogen and oxygen atoms in total. The summed E-state index contributed by atoms with van der Waals surface area (Å²) in [5.41, 5.74) is 0.135. The standard InChI is InChI=1S/C13H6Br2Cl2FNO/c14-6-4-9(16)12(10(17)5-6)19-13(20)7-2-1-3-8(15)11(7)18/h1-5H,(H,19,20). The van der Waals surface area contributed by atoms with Gasteiger partial charge in [0.05, 0.1) is 25.8 Å². The number of hydrogen-bond acceptors (Lipinski definition) is 1. The topological polar surface area (TPSA) is 29.1 Å². The summed E-state index contributed by atoms with van der Waals surface area (Å²) < 4.78 is 14.7. The first-order valence-corrected chi connectivity index (χ1v) is 7.64. The zero-order chi connectivity index (χ0) is 14.9. The van der Waals surface area contributed by atoms with Crippen molar-refractivity contribution in [1.29, 1.82) is 0 Å². The average Bonchev–Trinajstić information content (AvgIpc) is 2.36. The number of hydrogen-bond donors (Lipinski definition) is 1. The van der Waals surface area contributed by atoms with Crippen LogP contribution in [0, 0.1) is 5.82 Å². The quantitative estimate of drug-likeness (QED) is 0.616. The van der Waals surface area contributed by atoms with Crippen molar-refractivity contribution in [3.63, 3.8) is 0 Å². The number of halogens is 5. The Kier molecular flexibility index (Phi) is 5.07. The number of nitrogens with one attached hydrogen (secondary N) is 1. The van der Waals surface area contributed by atoms with E-state index in [1.165, 1.54) is 12.1 Å². The second-order valence-corrected chi connectivity index (χ2v) is 6.38. The molecule has 20 heavy (non-hydrogen) atoms. The van der Waals surface area contributed by atoms with E-state index in [-0.39, 0.29) is 25.8 Å². The average molecular weight is 442 g/mol. The van der Waals surface area contributed by atoms with Gasteiger partial charge in [-0.15, -0.1) is 0 Å². The Hall–Kier alpha value is -0.620. The Balaban J connectivity index is 2.36. The molecule has 7 heteroatoms. The monoisotopic (exact) mass is 439 g/mol. The van der Waals surface area contributed by atoms with Crippen molar-refractivity contribution >= 4 is 66.7 Å². The number of anilines is 1. The molecule has 0 unspecified atom stereocenters. The van der Waals surface area contributed by atoms with E-state index in [1.807, 2.05) is 0 Å². The maximum atomic E-state index is 13.8. The lowest BCUT2D eigenvalue weighted by atomic mass is 10.2. The Morgan fingerprint density at radius 3 is 2.35 bits per heavy atom. The van der Waals surface area contributed by atoms with Crippen molar-refractivity contribution in [3.8, 4) is 0 Å². The number of benzene rings is 2. The van der Waals surface area contributed by atoms with Gasteiger partial charge in [-0.05, 0) is 40.2 Å². The highest BCUT2D eigenvalue weighted by Gasteiger charge is 2.17. The molecule has 104 valence electrons. The van der Waals surface area contributed by atoms with Crippen LogP contribution < -0.4 is 5.32 Å². The molecule has 0 aromatic heterocycles. The molecular formula is C13H6Br2Cl2FNO. The van der Waals surface area contributed by atoms with Gasteiger partial charge in [0.2, 0.25) is 0 Å². The fourth-order valence-corrected chi connectivity index (χ4v) is 3.19. The van der Waals surface area contributed by atoms with Gasteiger partial charge in [0.15, 0.2) is 0 Å². The van der Waals surface area contributed by atoms with Crippen LogP contribution in [0.25, 0.3) is 0 Å². The van der Waals surface area contributed by atoms with E-state index >= 15 is 0 Å². The predicted octanol–water partition coefficient (Wildman–Crippen LogP) is 5.91. The predicted molar refractivity (Wildman–Crippen MR) is 86.2 cm³/mol. The van der Waals surface area contributed by atoms with Gasteiger partial charge >= 0.3 is 0 Å². The van der Waals surface area contributed by atoms with Crippen LogP contribution in [0.1, 0.15) is 10.4 Å². The van der Waals surface area contributed by atoms with Crippen LogP contribution in [-0.4, -0.2) is 5.91 Å². The Bertz CT molecular complexity index is 671. The molecule has 0 bridgehead atoms. The molecular weight excluding hydrogens is 436 g/mol. The third-order valence-electron chi connectivity index (χ3n) is 2.44. The highest BCUT2D eigenvalue weighted by atomic mass is 79.9. The molecule has 0 heterocycles. The fourth-order valence-electron chi connectivity index (χ4n) is 1.52. The maximum absolute atomic E-state index is 13.8. The van der Waals surface area contributed by atoms with E-state index in [4.69, 9.17) is 23.2 Å². The molecule has 0 aliphatic rings. The van der Waals surface area contributed by atoms with Crippen molar-refractivity contribution in [2.24, 2.45) is 0 Å². The summed E-state index contributed by atoms with van der Waals surface area (Å²) in [6, 6.07) is 7.61. The van der Waals surface area contributed by atoms with E-state index in [9.17, 15) is 9.18 Å². The van der Waals surface area contributed by atoms with Crippen LogP contribution >= 0.6 is 55.1 Å². The van der Waals surface area contributed by atoms with Gasteiger partial charge in [-0.25, -0.2) is 4.39 Å². The lowest BCUT2D eigenvalue weighted by Gasteiger charge is -2.10. The normalized spacial score (nSPS) is 10.4. The molecule has 2 aromatic rings. The zero-order valence-electron chi connectivity index (χ0n) is 9.68. The van der Waals surface area contributed by atoms with E-state index in [2.05, 4.69) is 37.2 Å². The lowest BCUT2D eigenvalue weighted by Crippen LogP contribution is -2.14. The molecule has 1 N–H and O–H groups in total. The summed E-state index contributed by atoms with van der Waals surface area (Å²) in [5, 5.41) is 3.02. The Labute approximate surface area is 141 Å². The van der Waals surface area contributed by atoms with Crippen molar-refractivity contribution in [2.75, 3.05) is 5.32 Å². The molecule has 1 amide bonds. The Morgan fingerprint density at radius 1 is 1.15 bits per heavy atom. The van der Waals surface area contributed by atoms with Gasteiger partial charge in [0.1, 0.15) is 5.82 Å². The van der Waals surface area contributed by atoms with Gasteiger partial charge in [0.25, 0.3) is 5.91 Å². The highest BCUT2D eigenvalue weighted by molar-refractivity contribution is 9.10. The summed E-state index contributed by atoms with van der Waals surface area (Å²) in [5.74, 6) is -1.27. The second kappa shape index (κ2) is 6.43. The highest BCUT2D eigenvalue weighted by Crippen LogP contribution is 2.34. The van der Waals surface area contributed by atoms with E-state index < -0.39 is 11.7 Å². The van der Waals surface area contributed by atoms with Crippen LogP contribution in [0.3, 0.4) is 0 Å². The van der Waals surface area contributed by atoms with Crippen LogP contribution in [0.2, 0.25) is 10.0 Å². The third-order valence-corrected chi connectivity index (χ3v) is 4.11. The number of carbonyl (C=O) groups is 1. The molecule has 0 fully saturated rings. The minimum Gasteiger partial charge on any atom is -0.319 e. The second-order valence-electron chi connectivity index (χ2n) is 3.80. The van der Waals surface area contributed by atoms with Crippen molar-refractivity contribution < 1.29 is 9.18 Å². The molecule has 0 radical (unpaired) electrons. The first kappa shape index (κ1) is 15.8. The first-order valence-electron chi connectivity index (χ1n) is 5.30. The van der Waals surface area contributed by atoms with Crippen molar-refractivity contribution in [2.45, 2.75) is 0 Å². The van der Waals surface area contributed by atoms with Crippen molar-refractivity contribution in [1.82, 2.24) is 0 Å². The summed E-state index contributed by atoms with van der Waals surface area (Å²) in [6.45, 7) is 0. The van der Waals surface area contributed by atoms with Crippen LogP contribution in [0.4, 0.5) is 10.1 Å². The zero-order valence-corrected chi connectivity index (χ0v) is 14.4. The minimum absolute atomic E-state index is 0.102. The Morgan fingerprint density at radius 2 is 1.75 bits per heavy atom.